The zero-order valence-corrected chi connectivity index (χ0v) is 9.01. The summed E-state index contributed by atoms with van der Waals surface area (Å²) in [7, 11) is 0. The van der Waals surface area contributed by atoms with Gasteiger partial charge in [0.15, 0.2) is 5.78 Å². The first-order valence-electron chi connectivity index (χ1n) is 5.01. The van der Waals surface area contributed by atoms with Gasteiger partial charge in [0.25, 0.3) is 0 Å². The predicted octanol–water partition coefficient (Wildman–Crippen LogP) is 2.98. The standard InChI is InChI=1S/C13H10OS/c14-12-11-6-2-1-4-9(11)8-10-5-3-7-15-13(10)12/h1-6H,7-8H2. The van der Waals surface area contributed by atoms with Crippen molar-refractivity contribution in [2.45, 2.75) is 6.42 Å². The molecule has 1 aromatic carbocycles. The lowest BCUT2D eigenvalue weighted by Crippen LogP contribution is -2.15. The Kier molecular flexibility index (Phi) is 2.03. The molecule has 0 radical (unpaired) electrons. The van der Waals surface area contributed by atoms with Gasteiger partial charge in [-0.05, 0) is 17.6 Å². The molecule has 1 aliphatic heterocycles. The summed E-state index contributed by atoms with van der Waals surface area (Å²) in [5.74, 6) is 1.13. The second-order valence-electron chi connectivity index (χ2n) is 3.73. The molecule has 74 valence electrons. The minimum absolute atomic E-state index is 0.209. The number of hydrogen-bond donors (Lipinski definition) is 0. The Bertz CT molecular complexity index is 497. The molecule has 1 heterocycles. The maximum atomic E-state index is 12.1. The first-order valence-corrected chi connectivity index (χ1v) is 6.00. The predicted molar refractivity (Wildman–Crippen MR) is 63.1 cm³/mol. The van der Waals surface area contributed by atoms with Gasteiger partial charge in [-0.25, -0.2) is 0 Å². The van der Waals surface area contributed by atoms with E-state index >= 15 is 0 Å². The van der Waals surface area contributed by atoms with Crippen molar-refractivity contribution in [3.8, 4) is 0 Å². The topological polar surface area (TPSA) is 17.1 Å². The highest BCUT2D eigenvalue weighted by molar-refractivity contribution is 8.04. The average molecular weight is 214 g/mol. The van der Waals surface area contributed by atoms with Gasteiger partial charge in [0.1, 0.15) is 0 Å². The number of carbonyl (C=O) groups is 1. The van der Waals surface area contributed by atoms with E-state index in [4.69, 9.17) is 0 Å². The van der Waals surface area contributed by atoms with Crippen LogP contribution in [0.2, 0.25) is 0 Å². The lowest BCUT2D eigenvalue weighted by atomic mass is 9.90. The summed E-state index contributed by atoms with van der Waals surface area (Å²) in [5.41, 5.74) is 3.24. The molecule has 1 nitrogen and oxygen atoms in total. The van der Waals surface area contributed by atoms with Crippen LogP contribution in [0, 0.1) is 0 Å². The van der Waals surface area contributed by atoms with Gasteiger partial charge in [-0.1, -0.05) is 36.4 Å². The van der Waals surface area contributed by atoms with E-state index in [-0.39, 0.29) is 5.78 Å². The van der Waals surface area contributed by atoms with Crippen LogP contribution in [0.25, 0.3) is 0 Å². The van der Waals surface area contributed by atoms with Crippen molar-refractivity contribution in [1.29, 1.82) is 0 Å². The first kappa shape index (κ1) is 8.98. The fraction of sp³-hybridized carbons (Fsp3) is 0.154. The molecule has 2 aliphatic rings. The van der Waals surface area contributed by atoms with Crippen molar-refractivity contribution in [3.05, 3.63) is 58.0 Å². The molecule has 0 fully saturated rings. The van der Waals surface area contributed by atoms with Crippen LogP contribution < -0.4 is 0 Å². The molecular formula is C13H10OS. The molecule has 1 aliphatic carbocycles. The molecule has 0 atom stereocenters. The van der Waals surface area contributed by atoms with Gasteiger partial charge in [0, 0.05) is 11.3 Å². The average Bonchev–Trinajstić information content (AvgIpc) is 2.30. The van der Waals surface area contributed by atoms with Gasteiger partial charge >= 0.3 is 0 Å². The van der Waals surface area contributed by atoms with E-state index in [1.807, 2.05) is 24.3 Å². The molecule has 0 N–H and O–H groups in total. The van der Waals surface area contributed by atoms with Crippen LogP contribution >= 0.6 is 11.8 Å². The summed E-state index contributed by atoms with van der Waals surface area (Å²) in [5, 5.41) is 0. The van der Waals surface area contributed by atoms with Crippen LogP contribution in [-0.2, 0) is 6.42 Å². The Balaban J connectivity index is 2.15. The molecule has 0 saturated heterocycles. The third-order valence-electron chi connectivity index (χ3n) is 2.78. The van der Waals surface area contributed by atoms with Crippen LogP contribution in [0.5, 0.6) is 0 Å². The van der Waals surface area contributed by atoms with E-state index in [0.29, 0.717) is 0 Å². The second-order valence-corrected chi connectivity index (χ2v) is 4.76. The zero-order chi connectivity index (χ0) is 10.3. The van der Waals surface area contributed by atoms with Crippen molar-refractivity contribution in [2.75, 3.05) is 5.75 Å². The maximum absolute atomic E-state index is 12.1. The number of thioether (sulfide) groups is 1. The quantitative estimate of drug-likeness (QED) is 0.660. The van der Waals surface area contributed by atoms with E-state index in [9.17, 15) is 4.79 Å². The summed E-state index contributed by atoms with van der Waals surface area (Å²) in [6.45, 7) is 0. The second kappa shape index (κ2) is 3.38. The van der Waals surface area contributed by atoms with Crippen molar-refractivity contribution in [1.82, 2.24) is 0 Å². The van der Waals surface area contributed by atoms with Gasteiger partial charge in [0.05, 0.1) is 4.91 Å². The summed E-state index contributed by atoms with van der Waals surface area (Å²) in [4.78, 5) is 13.1. The molecule has 0 bridgehead atoms. The fourth-order valence-corrected chi connectivity index (χ4v) is 2.99. The minimum atomic E-state index is 0.209. The molecule has 15 heavy (non-hydrogen) atoms. The van der Waals surface area contributed by atoms with E-state index < -0.39 is 0 Å². The SMILES string of the molecule is O=C1C2=C(C=CCS2)Cc2ccccc21. The number of benzene rings is 1. The monoisotopic (exact) mass is 214 g/mol. The molecular weight excluding hydrogens is 204 g/mol. The van der Waals surface area contributed by atoms with E-state index in [0.717, 1.165) is 28.2 Å². The Hall–Kier alpha value is -1.28. The number of allylic oxidation sites excluding steroid dienone is 3. The number of Topliss-reactive ketones (excluding diaryl/α,β-unsaturated/α-hetero) is 1. The number of ketones is 1. The number of fused-ring (bicyclic) bond motifs is 1. The summed E-state index contributed by atoms with van der Waals surface area (Å²) >= 11 is 1.66. The Morgan fingerprint density at radius 1 is 1.20 bits per heavy atom. The largest absolute Gasteiger partial charge is 0.288 e. The van der Waals surface area contributed by atoms with Gasteiger partial charge in [0.2, 0.25) is 0 Å². The number of carbonyl (C=O) groups excluding carboxylic acids is 1. The van der Waals surface area contributed by atoms with Gasteiger partial charge < -0.3 is 0 Å². The fourth-order valence-electron chi connectivity index (χ4n) is 2.06. The Labute approximate surface area is 92.9 Å². The maximum Gasteiger partial charge on any atom is 0.199 e. The van der Waals surface area contributed by atoms with Crippen molar-refractivity contribution >= 4 is 17.5 Å². The third kappa shape index (κ3) is 1.37. The first-order chi connectivity index (χ1) is 7.36. The van der Waals surface area contributed by atoms with E-state index in [1.165, 1.54) is 5.57 Å². The molecule has 1 aromatic rings. The number of hydrogen-bond acceptors (Lipinski definition) is 2. The van der Waals surface area contributed by atoms with E-state index in [1.54, 1.807) is 11.8 Å². The van der Waals surface area contributed by atoms with Crippen LogP contribution in [0.15, 0.2) is 46.9 Å². The van der Waals surface area contributed by atoms with Crippen LogP contribution in [-0.4, -0.2) is 11.5 Å². The highest BCUT2D eigenvalue weighted by atomic mass is 32.2. The van der Waals surface area contributed by atoms with Crippen molar-refractivity contribution < 1.29 is 4.79 Å². The highest BCUT2D eigenvalue weighted by Crippen LogP contribution is 2.35. The Morgan fingerprint density at radius 2 is 2.07 bits per heavy atom. The molecule has 0 aromatic heterocycles. The Morgan fingerprint density at radius 3 is 3.00 bits per heavy atom. The lowest BCUT2D eigenvalue weighted by Gasteiger charge is -2.21. The van der Waals surface area contributed by atoms with Crippen molar-refractivity contribution in [3.63, 3.8) is 0 Å². The molecule has 2 heteroatoms. The van der Waals surface area contributed by atoms with Gasteiger partial charge in [-0.3, -0.25) is 4.79 Å². The zero-order valence-electron chi connectivity index (χ0n) is 8.19. The lowest BCUT2D eigenvalue weighted by molar-refractivity contribution is 0.103. The van der Waals surface area contributed by atoms with Crippen LogP contribution in [0.4, 0.5) is 0 Å². The highest BCUT2D eigenvalue weighted by Gasteiger charge is 2.25. The van der Waals surface area contributed by atoms with Crippen LogP contribution in [0.3, 0.4) is 0 Å². The van der Waals surface area contributed by atoms with Gasteiger partial charge in [-0.2, -0.15) is 0 Å². The molecule has 0 unspecified atom stereocenters. The third-order valence-corrected chi connectivity index (χ3v) is 3.88. The summed E-state index contributed by atoms with van der Waals surface area (Å²) in [6.07, 6.45) is 5.13. The van der Waals surface area contributed by atoms with E-state index in [2.05, 4.69) is 12.2 Å². The van der Waals surface area contributed by atoms with Crippen LogP contribution in [0.1, 0.15) is 15.9 Å². The summed E-state index contributed by atoms with van der Waals surface area (Å²) in [6, 6.07) is 7.91. The normalized spacial score (nSPS) is 18.8. The van der Waals surface area contributed by atoms with Crippen molar-refractivity contribution in [2.24, 2.45) is 0 Å². The molecule has 3 rings (SSSR count). The summed E-state index contributed by atoms with van der Waals surface area (Å²) < 4.78 is 0. The smallest absolute Gasteiger partial charge is 0.199 e. The number of rotatable bonds is 0. The van der Waals surface area contributed by atoms with Gasteiger partial charge in [-0.15, -0.1) is 11.8 Å². The minimum Gasteiger partial charge on any atom is -0.288 e. The molecule has 0 spiro atoms. The molecule has 0 saturated carbocycles. The molecule has 0 amide bonds.